The van der Waals surface area contributed by atoms with Crippen molar-refractivity contribution in [3.8, 4) is 5.75 Å². The Kier molecular flexibility index (Phi) is 10.1. The lowest BCUT2D eigenvalue weighted by molar-refractivity contribution is -0.152. The van der Waals surface area contributed by atoms with Crippen LogP contribution in [0.4, 0.5) is 4.79 Å². The molecular formula is C32H42N2O6. The topological polar surface area (TPSA) is 85.4 Å². The van der Waals surface area contributed by atoms with Gasteiger partial charge in [-0.25, -0.2) is 9.59 Å². The van der Waals surface area contributed by atoms with Crippen molar-refractivity contribution in [1.29, 1.82) is 0 Å². The van der Waals surface area contributed by atoms with Gasteiger partial charge in [-0.15, -0.1) is 0 Å². The van der Waals surface area contributed by atoms with Crippen molar-refractivity contribution in [1.82, 2.24) is 9.80 Å². The van der Waals surface area contributed by atoms with Crippen LogP contribution in [0.5, 0.6) is 5.75 Å². The molecule has 1 heterocycles. The molecular weight excluding hydrogens is 508 g/mol. The molecule has 1 saturated carbocycles. The quantitative estimate of drug-likeness (QED) is 0.376. The molecule has 2 aromatic rings. The maximum Gasteiger partial charge on any atom is 0.410 e. The first-order chi connectivity index (χ1) is 19.2. The number of ether oxygens (including phenoxy) is 3. The third-order valence-corrected chi connectivity index (χ3v) is 7.32. The lowest BCUT2D eigenvalue weighted by Crippen LogP contribution is -2.49. The highest BCUT2D eigenvalue weighted by Crippen LogP contribution is 2.24. The minimum Gasteiger partial charge on any atom is -0.482 e. The van der Waals surface area contributed by atoms with E-state index in [1.807, 2.05) is 56.0 Å². The van der Waals surface area contributed by atoms with Gasteiger partial charge >= 0.3 is 12.1 Å². The Morgan fingerprint density at radius 2 is 1.52 bits per heavy atom. The SMILES string of the molecule is CC(C)(C)OC(=O)N1CCC(N(Cc2ccccc2)C(=O)c2ccc(OCC(=O)OC3CCCCC3)cc2)CC1. The summed E-state index contributed by atoms with van der Waals surface area (Å²) >= 11 is 0. The van der Waals surface area contributed by atoms with Crippen LogP contribution in [0.3, 0.4) is 0 Å². The van der Waals surface area contributed by atoms with E-state index in [1.165, 1.54) is 6.42 Å². The van der Waals surface area contributed by atoms with Gasteiger partial charge in [0.15, 0.2) is 6.61 Å². The highest BCUT2D eigenvalue weighted by atomic mass is 16.6. The number of benzene rings is 2. The molecule has 8 nitrogen and oxygen atoms in total. The maximum absolute atomic E-state index is 13.8. The Bertz CT molecular complexity index is 1110. The zero-order chi connectivity index (χ0) is 28.5. The lowest BCUT2D eigenvalue weighted by atomic mass is 9.98. The van der Waals surface area contributed by atoms with Gasteiger partial charge in [0.2, 0.25) is 0 Å². The average molecular weight is 551 g/mol. The average Bonchev–Trinajstić information content (AvgIpc) is 2.95. The summed E-state index contributed by atoms with van der Waals surface area (Å²) in [5.74, 6) is 0.0686. The number of esters is 1. The standard InChI is InChI=1S/C32H42N2O6/c1-32(2,3)40-31(37)33-20-18-26(19-21-33)34(22-24-10-6-4-7-11-24)30(36)25-14-16-27(17-15-25)38-23-29(35)39-28-12-8-5-9-13-28/h4,6-7,10-11,14-17,26,28H,5,8-9,12-13,18-23H2,1-3H3. The largest absolute Gasteiger partial charge is 0.482 e. The van der Waals surface area contributed by atoms with Crippen molar-refractivity contribution in [2.24, 2.45) is 0 Å². The zero-order valence-electron chi connectivity index (χ0n) is 24.0. The minimum atomic E-state index is -0.547. The first kappa shape index (κ1) is 29.4. The number of piperidine rings is 1. The van der Waals surface area contributed by atoms with Gasteiger partial charge in [-0.3, -0.25) is 4.79 Å². The number of carbonyl (C=O) groups is 3. The molecule has 40 heavy (non-hydrogen) atoms. The molecule has 0 aromatic heterocycles. The number of amides is 2. The van der Waals surface area contributed by atoms with Crippen LogP contribution in [-0.2, 0) is 20.8 Å². The molecule has 0 bridgehead atoms. The van der Waals surface area contributed by atoms with Gasteiger partial charge in [0.05, 0.1) is 0 Å². The molecule has 0 atom stereocenters. The van der Waals surface area contributed by atoms with Gasteiger partial charge in [0.1, 0.15) is 17.5 Å². The number of likely N-dealkylation sites (tertiary alicyclic amines) is 1. The second-order valence-electron chi connectivity index (χ2n) is 11.7. The lowest BCUT2D eigenvalue weighted by Gasteiger charge is -2.39. The van der Waals surface area contributed by atoms with Crippen molar-refractivity contribution >= 4 is 18.0 Å². The van der Waals surface area contributed by atoms with E-state index in [-0.39, 0.29) is 36.7 Å². The Morgan fingerprint density at radius 3 is 2.15 bits per heavy atom. The van der Waals surface area contributed by atoms with Crippen LogP contribution >= 0.6 is 0 Å². The molecule has 1 saturated heterocycles. The summed E-state index contributed by atoms with van der Waals surface area (Å²) in [6, 6.07) is 16.8. The van der Waals surface area contributed by atoms with Gasteiger partial charge in [0, 0.05) is 31.2 Å². The van der Waals surface area contributed by atoms with E-state index < -0.39 is 5.60 Å². The molecule has 0 spiro atoms. The van der Waals surface area contributed by atoms with E-state index >= 15 is 0 Å². The minimum absolute atomic E-state index is 0.00329. The Labute approximate surface area is 237 Å². The van der Waals surface area contributed by atoms with Crippen LogP contribution < -0.4 is 4.74 Å². The van der Waals surface area contributed by atoms with Crippen molar-refractivity contribution in [2.45, 2.75) is 90.0 Å². The van der Waals surface area contributed by atoms with Gasteiger partial charge in [-0.2, -0.15) is 0 Å². The molecule has 2 aromatic carbocycles. The van der Waals surface area contributed by atoms with Crippen LogP contribution in [0.15, 0.2) is 54.6 Å². The molecule has 0 radical (unpaired) electrons. The Morgan fingerprint density at radius 1 is 0.875 bits per heavy atom. The highest BCUT2D eigenvalue weighted by molar-refractivity contribution is 5.94. The molecule has 0 N–H and O–H groups in total. The summed E-state index contributed by atoms with van der Waals surface area (Å²) in [6.45, 7) is 6.96. The van der Waals surface area contributed by atoms with Crippen LogP contribution in [0.1, 0.15) is 81.6 Å². The summed E-state index contributed by atoms with van der Waals surface area (Å²) in [7, 11) is 0. The van der Waals surface area contributed by atoms with Crippen LogP contribution in [0.25, 0.3) is 0 Å². The second kappa shape index (κ2) is 13.7. The molecule has 1 aliphatic heterocycles. The zero-order valence-corrected chi connectivity index (χ0v) is 24.0. The van der Waals surface area contributed by atoms with Crippen molar-refractivity contribution in [3.63, 3.8) is 0 Å². The molecule has 216 valence electrons. The Balaban J connectivity index is 1.37. The van der Waals surface area contributed by atoms with E-state index in [0.29, 0.717) is 43.8 Å². The van der Waals surface area contributed by atoms with Gasteiger partial charge < -0.3 is 24.0 Å². The normalized spacial score (nSPS) is 16.7. The Hall–Kier alpha value is -3.55. The van der Waals surface area contributed by atoms with E-state index in [1.54, 1.807) is 29.2 Å². The van der Waals surface area contributed by atoms with E-state index in [2.05, 4.69) is 0 Å². The van der Waals surface area contributed by atoms with Gasteiger partial charge in [-0.05, 0) is 89.1 Å². The third-order valence-electron chi connectivity index (χ3n) is 7.32. The van der Waals surface area contributed by atoms with E-state index in [4.69, 9.17) is 14.2 Å². The number of rotatable bonds is 8. The summed E-state index contributed by atoms with van der Waals surface area (Å²) in [5, 5.41) is 0. The number of nitrogens with zero attached hydrogens (tertiary/aromatic N) is 2. The number of carbonyl (C=O) groups excluding carboxylic acids is 3. The molecule has 8 heteroatoms. The monoisotopic (exact) mass is 550 g/mol. The van der Waals surface area contributed by atoms with E-state index in [9.17, 15) is 14.4 Å². The second-order valence-corrected chi connectivity index (χ2v) is 11.7. The predicted molar refractivity (Wildman–Crippen MR) is 152 cm³/mol. The molecule has 4 rings (SSSR count). The fourth-order valence-electron chi connectivity index (χ4n) is 5.24. The number of hydrogen-bond donors (Lipinski definition) is 0. The van der Waals surface area contributed by atoms with E-state index in [0.717, 1.165) is 31.2 Å². The van der Waals surface area contributed by atoms with Crippen molar-refractivity contribution in [3.05, 3.63) is 65.7 Å². The molecule has 1 aliphatic carbocycles. The van der Waals surface area contributed by atoms with Crippen molar-refractivity contribution in [2.75, 3.05) is 19.7 Å². The smallest absolute Gasteiger partial charge is 0.410 e. The number of hydrogen-bond acceptors (Lipinski definition) is 6. The molecule has 2 aliphatic rings. The van der Waals surface area contributed by atoms with Crippen LogP contribution in [0.2, 0.25) is 0 Å². The maximum atomic E-state index is 13.8. The molecule has 2 amide bonds. The van der Waals surface area contributed by atoms with Gasteiger partial charge in [-0.1, -0.05) is 36.8 Å². The van der Waals surface area contributed by atoms with Crippen LogP contribution in [0, 0.1) is 0 Å². The fourth-order valence-corrected chi connectivity index (χ4v) is 5.24. The molecule has 2 fully saturated rings. The van der Waals surface area contributed by atoms with Crippen LogP contribution in [-0.4, -0.2) is 65.2 Å². The third kappa shape index (κ3) is 8.73. The molecule has 0 unspecified atom stereocenters. The summed E-state index contributed by atoms with van der Waals surface area (Å²) in [6.07, 6.45) is 6.25. The van der Waals surface area contributed by atoms with Crippen molar-refractivity contribution < 1.29 is 28.6 Å². The summed E-state index contributed by atoms with van der Waals surface area (Å²) in [5.41, 5.74) is 1.04. The summed E-state index contributed by atoms with van der Waals surface area (Å²) in [4.78, 5) is 42.1. The predicted octanol–water partition coefficient (Wildman–Crippen LogP) is 5.98. The summed E-state index contributed by atoms with van der Waals surface area (Å²) < 4.78 is 16.7. The van der Waals surface area contributed by atoms with Gasteiger partial charge in [0.25, 0.3) is 5.91 Å². The highest BCUT2D eigenvalue weighted by Gasteiger charge is 2.32. The fraction of sp³-hybridized carbons (Fsp3) is 0.531. The first-order valence-corrected chi connectivity index (χ1v) is 14.4. The first-order valence-electron chi connectivity index (χ1n) is 14.4.